The van der Waals surface area contributed by atoms with Crippen LogP contribution in [0, 0.1) is 6.92 Å². The molecular formula is C11H13N3O3. The Morgan fingerprint density at radius 2 is 2.41 bits per heavy atom. The Kier molecular flexibility index (Phi) is 2.66. The summed E-state index contributed by atoms with van der Waals surface area (Å²) < 4.78 is 15.8. The average molecular weight is 235 g/mol. The third-order valence-corrected chi connectivity index (χ3v) is 2.76. The number of hydrogen-bond donors (Lipinski definition) is 1. The van der Waals surface area contributed by atoms with Crippen molar-refractivity contribution >= 4 is 0 Å². The van der Waals surface area contributed by atoms with Crippen molar-refractivity contribution in [3.05, 3.63) is 23.9 Å². The first-order valence-electron chi connectivity index (χ1n) is 5.54. The molecule has 0 saturated carbocycles. The predicted molar refractivity (Wildman–Crippen MR) is 58.3 cm³/mol. The maximum absolute atomic E-state index is 5.36. The SMILES string of the molecule is Cc1occc1-c1nc(C2COCCN2)no1. The zero-order chi connectivity index (χ0) is 11.7. The monoisotopic (exact) mass is 235 g/mol. The molecule has 6 heteroatoms. The van der Waals surface area contributed by atoms with Crippen LogP contribution >= 0.6 is 0 Å². The van der Waals surface area contributed by atoms with E-state index >= 15 is 0 Å². The molecule has 2 aromatic rings. The number of aromatic nitrogens is 2. The number of nitrogens with zero attached hydrogens (tertiary/aromatic N) is 2. The van der Waals surface area contributed by atoms with Gasteiger partial charge in [-0.2, -0.15) is 4.98 Å². The van der Waals surface area contributed by atoms with Gasteiger partial charge in [0.1, 0.15) is 5.76 Å². The highest BCUT2D eigenvalue weighted by Gasteiger charge is 2.22. The summed E-state index contributed by atoms with van der Waals surface area (Å²) in [5, 5.41) is 7.24. The van der Waals surface area contributed by atoms with E-state index in [1.807, 2.05) is 13.0 Å². The quantitative estimate of drug-likeness (QED) is 0.845. The highest BCUT2D eigenvalue weighted by Crippen LogP contribution is 2.24. The van der Waals surface area contributed by atoms with Gasteiger partial charge in [0.2, 0.25) is 0 Å². The second-order valence-electron chi connectivity index (χ2n) is 3.93. The molecule has 1 saturated heterocycles. The fourth-order valence-electron chi connectivity index (χ4n) is 1.82. The highest BCUT2D eigenvalue weighted by molar-refractivity contribution is 5.54. The lowest BCUT2D eigenvalue weighted by Crippen LogP contribution is -2.35. The van der Waals surface area contributed by atoms with Gasteiger partial charge in [0.05, 0.1) is 31.1 Å². The van der Waals surface area contributed by atoms with E-state index in [0.29, 0.717) is 18.3 Å². The van der Waals surface area contributed by atoms with Gasteiger partial charge in [-0.3, -0.25) is 0 Å². The molecule has 3 heterocycles. The van der Waals surface area contributed by atoms with Crippen LogP contribution in [0.25, 0.3) is 11.5 Å². The Bertz CT molecular complexity index is 500. The van der Waals surface area contributed by atoms with Crippen LogP contribution in [0.2, 0.25) is 0 Å². The van der Waals surface area contributed by atoms with Gasteiger partial charge in [-0.15, -0.1) is 0 Å². The largest absolute Gasteiger partial charge is 0.469 e. The zero-order valence-corrected chi connectivity index (χ0v) is 9.47. The molecule has 6 nitrogen and oxygen atoms in total. The fourth-order valence-corrected chi connectivity index (χ4v) is 1.82. The Morgan fingerprint density at radius 3 is 3.12 bits per heavy atom. The molecular weight excluding hydrogens is 222 g/mol. The molecule has 0 aliphatic carbocycles. The van der Waals surface area contributed by atoms with Crippen LogP contribution in [0.4, 0.5) is 0 Å². The van der Waals surface area contributed by atoms with Crippen LogP contribution < -0.4 is 5.32 Å². The van der Waals surface area contributed by atoms with Gasteiger partial charge in [0, 0.05) is 6.54 Å². The van der Waals surface area contributed by atoms with Crippen molar-refractivity contribution in [2.45, 2.75) is 13.0 Å². The molecule has 90 valence electrons. The molecule has 0 bridgehead atoms. The number of furan rings is 1. The summed E-state index contributed by atoms with van der Waals surface area (Å²) in [5.41, 5.74) is 0.834. The summed E-state index contributed by atoms with van der Waals surface area (Å²) >= 11 is 0. The van der Waals surface area contributed by atoms with Gasteiger partial charge >= 0.3 is 0 Å². The van der Waals surface area contributed by atoms with Gasteiger partial charge < -0.3 is 19.0 Å². The molecule has 1 aliphatic heterocycles. The number of ether oxygens (including phenoxy) is 1. The Morgan fingerprint density at radius 1 is 1.47 bits per heavy atom. The van der Waals surface area contributed by atoms with Crippen LogP contribution in [0.1, 0.15) is 17.6 Å². The van der Waals surface area contributed by atoms with E-state index in [2.05, 4.69) is 15.5 Å². The molecule has 17 heavy (non-hydrogen) atoms. The minimum Gasteiger partial charge on any atom is -0.469 e. The topological polar surface area (TPSA) is 73.3 Å². The van der Waals surface area contributed by atoms with E-state index in [9.17, 15) is 0 Å². The molecule has 0 radical (unpaired) electrons. The van der Waals surface area contributed by atoms with E-state index in [4.69, 9.17) is 13.7 Å². The van der Waals surface area contributed by atoms with Gasteiger partial charge in [0.15, 0.2) is 5.82 Å². The van der Waals surface area contributed by atoms with Gasteiger partial charge in [0.25, 0.3) is 5.89 Å². The molecule has 1 N–H and O–H groups in total. The van der Waals surface area contributed by atoms with Crippen molar-refractivity contribution in [2.75, 3.05) is 19.8 Å². The van der Waals surface area contributed by atoms with E-state index in [1.165, 1.54) is 0 Å². The van der Waals surface area contributed by atoms with Crippen LogP contribution in [-0.4, -0.2) is 29.9 Å². The second kappa shape index (κ2) is 4.31. The third kappa shape index (κ3) is 1.96. The normalized spacial score (nSPS) is 20.6. The van der Waals surface area contributed by atoms with Crippen LogP contribution in [0.5, 0.6) is 0 Å². The van der Waals surface area contributed by atoms with E-state index in [0.717, 1.165) is 24.5 Å². The second-order valence-corrected chi connectivity index (χ2v) is 3.93. The minimum absolute atomic E-state index is 0.00783. The Hall–Kier alpha value is -1.66. The molecule has 1 fully saturated rings. The van der Waals surface area contributed by atoms with Crippen molar-refractivity contribution in [2.24, 2.45) is 0 Å². The highest BCUT2D eigenvalue weighted by atomic mass is 16.5. The number of nitrogens with one attached hydrogen (secondary N) is 1. The van der Waals surface area contributed by atoms with Crippen molar-refractivity contribution in [3.8, 4) is 11.5 Å². The smallest absolute Gasteiger partial charge is 0.261 e. The Balaban J connectivity index is 1.85. The first-order chi connectivity index (χ1) is 8.34. The molecule has 0 spiro atoms. The van der Waals surface area contributed by atoms with E-state index in [1.54, 1.807) is 6.26 Å². The first kappa shape index (κ1) is 10.5. The van der Waals surface area contributed by atoms with Crippen molar-refractivity contribution in [1.29, 1.82) is 0 Å². The summed E-state index contributed by atoms with van der Waals surface area (Å²) in [6, 6.07) is 1.82. The van der Waals surface area contributed by atoms with Crippen molar-refractivity contribution in [3.63, 3.8) is 0 Å². The van der Waals surface area contributed by atoms with Gasteiger partial charge in [-0.1, -0.05) is 5.16 Å². The van der Waals surface area contributed by atoms with Crippen LogP contribution in [0.3, 0.4) is 0 Å². The summed E-state index contributed by atoms with van der Waals surface area (Å²) in [5.74, 6) is 1.88. The van der Waals surface area contributed by atoms with Crippen molar-refractivity contribution in [1.82, 2.24) is 15.5 Å². The summed E-state index contributed by atoms with van der Waals surface area (Å²) in [4.78, 5) is 4.36. The number of hydrogen-bond acceptors (Lipinski definition) is 6. The lowest BCUT2D eigenvalue weighted by Gasteiger charge is -2.20. The number of aryl methyl sites for hydroxylation is 1. The van der Waals surface area contributed by atoms with Crippen LogP contribution in [0.15, 0.2) is 21.3 Å². The molecule has 1 unspecified atom stereocenters. The van der Waals surface area contributed by atoms with Crippen molar-refractivity contribution < 1.29 is 13.7 Å². The van der Waals surface area contributed by atoms with Gasteiger partial charge in [-0.05, 0) is 13.0 Å². The minimum atomic E-state index is 0.00783. The molecule has 1 atom stereocenters. The summed E-state index contributed by atoms with van der Waals surface area (Å²) in [6.07, 6.45) is 1.61. The third-order valence-electron chi connectivity index (χ3n) is 2.76. The zero-order valence-electron chi connectivity index (χ0n) is 9.47. The van der Waals surface area contributed by atoms with Crippen LogP contribution in [-0.2, 0) is 4.74 Å². The maximum Gasteiger partial charge on any atom is 0.261 e. The lowest BCUT2D eigenvalue weighted by molar-refractivity contribution is 0.0734. The number of morpholine rings is 1. The van der Waals surface area contributed by atoms with Gasteiger partial charge in [-0.25, -0.2) is 0 Å². The molecule has 3 rings (SSSR count). The average Bonchev–Trinajstić information content (AvgIpc) is 2.98. The maximum atomic E-state index is 5.36. The lowest BCUT2D eigenvalue weighted by atomic mass is 10.2. The standard InChI is InChI=1S/C11H13N3O3/c1-7-8(2-4-16-7)11-13-10(14-17-11)9-6-15-5-3-12-9/h2,4,9,12H,3,5-6H2,1H3. The summed E-state index contributed by atoms with van der Waals surface area (Å²) in [7, 11) is 0. The first-order valence-corrected chi connectivity index (χ1v) is 5.54. The number of rotatable bonds is 2. The molecule has 1 aliphatic rings. The molecule has 0 amide bonds. The fraction of sp³-hybridized carbons (Fsp3) is 0.455. The molecule has 0 aromatic carbocycles. The van der Waals surface area contributed by atoms with E-state index < -0.39 is 0 Å². The van der Waals surface area contributed by atoms with E-state index in [-0.39, 0.29) is 6.04 Å². The molecule has 2 aromatic heterocycles. The summed E-state index contributed by atoms with van der Waals surface area (Å²) in [6.45, 7) is 3.96. The Labute approximate surface area is 98.0 Å². The predicted octanol–water partition coefficient (Wildman–Crippen LogP) is 1.30.